The second-order valence-corrected chi connectivity index (χ2v) is 4.62. The summed E-state index contributed by atoms with van der Waals surface area (Å²) < 4.78 is 13.8. The molecule has 1 aromatic rings. The Morgan fingerprint density at radius 3 is 2.57 bits per heavy atom. The van der Waals surface area contributed by atoms with Crippen LogP contribution in [-0.2, 0) is 4.87 Å². The molecule has 0 N–H and O–H groups in total. The second kappa shape index (κ2) is 3.90. The van der Waals surface area contributed by atoms with Crippen molar-refractivity contribution in [1.82, 2.24) is 0 Å². The molecule has 1 saturated carbocycles. The standard InChI is InChI=1S/C12H14ClF/c13-12(9-5-4-8-11(12)14)10-6-2-1-3-7-10/h1-3,6-7,11H,4-5,8-9H2. The number of halogens is 2. The largest absolute Gasteiger partial charge is 0.245 e. The van der Waals surface area contributed by atoms with Gasteiger partial charge in [0.15, 0.2) is 0 Å². The number of alkyl halides is 2. The normalized spacial score (nSPS) is 32.9. The number of hydrogen-bond acceptors (Lipinski definition) is 0. The molecule has 0 bridgehead atoms. The molecule has 1 aliphatic carbocycles. The fraction of sp³-hybridized carbons (Fsp3) is 0.500. The van der Waals surface area contributed by atoms with Crippen LogP contribution in [0.15, 0.2) is 30.3 Å². The maximum atomic E-state index is 13.8. The predicted octanol–water partition coefficient (Wildman–Crippen LogP) is 4.03. The summed E-state index contributed by atoms with van der Waals surface area (Å²) in [6, 6.07) is 9.61. The van der Waals surface area contributed by atoms with Gasteiger partial charge in [-0.15, -0.1) is 11.6 Å². The Bertz CT molecular complexity index is 298. The van der Waals surface area contributed by atoms with E-state index in [0.29, 0.717) is 6.42 Å². The zero-order chi connectivity index (χ0) is 10.0. The van der Waals surface area contributed by atoms with Gasteiger partial charge in [-0.2, -0.15) is 0 Å². The monoisotopic (exact) mass is 212 g/mol. The van der Waals surface area contributed by atoms with Crippen LogP contribution in [0.4, 0.5) is 4.39 Å². The molecule has 0 heterocycles. The number of benzene rings is 1. The summed E-state index contributed by atoms with van der Waals surface area (Å²) in [6.07, 6.45) is 2.43. The molecule has 0 aliphatic heterocycles. The minimum atomic E-state index is -0.902. The summed E-state index contributed by atoms with van der Waals surface area (Å²) in [6.45, 7) is 0. The molecule has 76 valence electrons. The Labute approximate surface area is 89.1 Å². The molecule has 2 rings (SSSR count). The Kier molecular flexibility index (Phi) is 2.78. The van der Waals surface area contributed by atoms with Gasteiger partial charge in [0, 0.05) is 0 Å². The fourth-order valence-corrected chi connectivity index (χ4v) is 2.50. The highest BCUT2D eigenvalue weighted by Crippen LogP contribution is 2.44. The summed E-state index contributed by atoms with van der Waals surface area (Å²) in [5.74, 6) is 0. The maximum absolute atomic E-state index is 13.8. The molecule has 0 amide bonds. The number of hydrogen-bond donors (Lipinski definition) is 0. The quantitative estimate of drug-likeness (QED) is 0.617. The zero-order valence-electron chi connectivity index (χ0n) is 8.05. The molecule has 2 unspecified atom stereocenters. The molecule has 0 nitrogen and oxygen atoms in total. The van der Waals surface area contributed by atoms with Crippen molar-refractivity contribution in [2.75, 3.05) is 0 Å². The highest BCUT2D eigenvalue weighted by atomic mass is 35.5. The summed E-state index contributed by atoms with van der Waals surface area (Å²) >= 11 is 6.38. The SMILES string of the molecule is FC1CCCCC1(Cl)c1ccccc1. The average molecular weight is 213 g/mol. The fourth-order valence-electron chi connectivity index (χ4n) is 2.13. The first-order valence-corrected chi connectivity index (χ1v) is 5.50. The van der Waals surface area contributed by atoms with E-state index in [1.165, 1.54) is 0 Å². The minimum absolute atomic E-state index is 0.596. The highest BCUT2D eigenvalue weighted by Gasteiger charge is 2.40. The Hall–Kier alpha value is -0.560. The second-order valence-electron chi connectivity index (χ2n) is 3.94. The van der Waals surface area contributed by atoms with E-state index in [1.54, 1.807) is 0 Å². The highest BCUT2D eigenvalue weighted by molar-refractivity contribution is 6.24. The van der Waals surface area contributed by atoms with E-state index in [-0.39, 0.29) is 0 Å². The number of rotatable bonds is 1. The van der Waals surface area contributed by atoms with E-state index in [9.17, 15) is 4.39 Å². The van der Waals surface area contributed by atoms with Gasteiger partial charge in [-0.1, -0.05) is 43.2 Å². The molecule has 0 radical (unpaired) electrons. The van der Waals surface area contributed by atoms with E-state index in [1.807, 2.05) is 30.3 Å². The van der Waals surface area contributed by atoms with Gasteiger partial charge in [-0.25, -0.2) is 4.39 Å². The van der Waals surface area contributed by atoms with Crippen molar-refractivity contribution < 1.29 is 4.39 Å². The Morgan fingerprint density at radius 1 is 1.21 bits per heavy atom. The van der Waals surface area contributed by atoms with E-state index >= 15 is 0 Å². The molecule has 0 spiro atoms. The van der Waals surface area contributed by atoms with Gasteiger partial charge < -0.3 is 0 Å². The molecular weight excluding hydrogens is 199 g/mol. The van der Waals surface area contributed by atoms with Crippen LogP contribution in [0.2, 0.25) is 0 Å². The molecule has 1 aliphatic rings. The van der Waals surface area contributed by atoms with Gasteiger partial charge in [0.05, 0.1) is 0 Å². The van der Waals surface area contributed by atoms with E-state index in [4.69, 9.17) is 11.6 Å². The topological polar surface area (TPSA) is 0 Å². The molecule has 0 saturated heterocycles. The van der Waals surface area contributed by atoms with Crippen LogP contribution in [0.3, 0.4) is 0 Å². The van der Waals surface area contributed by atoms with Crippen molar-refractivity contribution in [3.05, 3.63) is 35.9 Å². The van der Waals surface area contributed by atoms with E-state index < -0.39 is 11.0 Å². The van der Waals surface area contributed by atoms with Crippen molar-refractivity contribution in [1.29, 1.82) is 0 Å². The smallest absolute Gasteiger partial charge is 0.123 e. The summed E-state index contributed by atoms with van der Waals surface area (Å²) in [4.78, 5) is -0.764. The molecule has 14 heavy (non-hydrogen) atoms. The van der Waals surface area contributed by atoms with Crippen LogP contribution in [0.5, 0.6) is 0 Å². The molecular formula is C12H14ClF. The average Bonchev–Trinajstić information content (AvgIpc) is 2.24. The van der Waals surface area contributed by atoms with Gasteiger partial charge in [-0.05, 0) is 18.4 Å². The van der Waals surface area contributed by atoms with Gasteiger partial charge >= 0.3 is 0 Å². The van der Waals surface area contributed by atoms with E-state index in [2.05, 4.69) is 0 Å². The first kappa shape index (κ1) is 9.97. The predicted molar refractivity (Wildman–Crippen MR) is 57.3 cm³/mol. The maximum Gasteiger partial charge on any atom is 0.123 e. The van der Waals surface area contributed by atoms with Crippen LogP contribution in [-0.4, -0.2) is 6.17 Å². The third kappa shape index (κ3) is 1.66. The lowest BCUT2D eigenvalue weighted by atomic mass is 9.82. The molecule has 1 fully saturated rings. The molecule has 0 aromatic heterocycles. The first-order chi connectivity index (χ1) is 6.73. The molecule has 1 aromatic carbocycles. The summed E-state index contributed by atoms with van der Waals surface area (Å²) in [5.41, 5.74) is 0.925. The van der Waals surface area contributed by atoms with E-state index in [0.717, 1.165) is 24.8 Å². The summed E-state index contributed by atoms with van der Waals surface area (Å²) in [5, 5.41) is 0. The third-order valence-corrected chi connectivity index (χ3v) is 3.64. The first-order valence-electron chi connectivity index (χ1n) is 5.12. The molecule has 2 atom stereocenters. The van der Waals surface area contributed by atoms with Crippen molar-refractivity contribution in [2.24, 2.45) is 0 Å². The van der Waals surface area contributed by atoms with Gasteiger partial charge in [-0.3, -0.25) is 0 Å². The lowest BCUT2D eigenvalue weighted by Crippen LogP contribution is -2.34. The Morgan fingerprint density at radius 2 is 1.93 bits per heavy atom. The van der Waals surface area contributed by atoms with Crippen LogP contribution < -0.4 is 0 Å². The zero-order valence-corrected chi connectivity index (χ0v) is 8.80. The Balaban J connectivity index is 2.30. The van der Waals surface area contributed by atoms with Crippen molar-refractivity contribution in [2.45, 2.75) is 36.7 Å². The lowest BCUT2D eigenvalue weighted by molar-refractivity contribution is 0.188. The van der Waals surface area contributed by atoms with Gasteiger partial charge in [0.2, 0.25) is 0 Å². The van der Waals surface area contributed by atoms with Crippen LogP contribution in [0.25, 0.3) is 0 Å². The van der Waals surface area contributed by atoms with Gasteiger partial charge in [0.1, 0.15) is 11.0 Å². The van der Waals surface area contributed by atoms with Crippen LogP contribution in [0, 0.1) is 0 Å². The van der Waals surface area contributed by atoms with Gasteiger partial charge in [0.25, 0.3) is 0 Å². The van der Waals surface area contributed by atoms with Crippen LogP contribution in [0.1, 0.15) is 31.2 Å². The lowest BCUT2D eigenvalue weighted by Gasteiger charge is -2.34. The van der Waals surface area contributed by atoms with Crippen molar-refractivity contribution >= 4 is 11.6 Å². The molecule has 2 heteroatoms. The van der Waals surface area contributed by atoms with Crippen LogP contribution >= 0.6 is 11.6 Å². The van der Waals surface area contributed by atoms with Crippen molar-refractivity contribution in [3.8, 4) is 0 Å². The minimum Gasteiger partial charge on any atom is -0.245 e. The summed E-state index contributed by atoms with van der Waals surface area (Å²) in [7, 11) is 0. The third-order valence-electron chi connectivity index (χ3n) is 3.00. The van der Waals surface area contributed by atoms with Crippen molar-refractivity contribution in [3.63, 3.8) is 0 Å².